The SMILES string of the molecule is CN1CCc2cc([C@@H](CNC(=O)c3ccc(Br)o3)N(C)C)ccc21. The highest BCUT2D eigenvalue weighted by Crippen LogP contribution is 2.30. The van der Waals surface area contributed by atoms with E-state index in [1.807, 2.05) is 14.1 Å². The van der Waals surface area contributed by atoms with Gasteiger partial charge in [-0.1, -0.05) is 12.1 Å². The maximum Gasteiger partial charge on any atom is 0.287 e. The van der Waals surface area contributed by atoms with Crippen molar-refractivity contribution >= 4 is 27.5 Å². The minimum atomic E-state index is -0.201. The van der Waals surface area contributed by atoms with E-state index in [4.69, 9.17) is 4.42 Å². The van der Waals surface area contributed by atoms with Crippen LogP contribution in [0, 0.1) is 0 Å². The number of benzene rings is 1. The molecule has 1 aromatic heterocycles. The molecule has 1 atom stereocenters. The normalized spacial score (nSPS) is 14.8. The third-order valence-corrected chi connectivity index (χ3v) is 4.92. The molecule has 0 unspecified atom stereocenters. The number of anilines is 1. The van der Waals surface area contributed by atoms with Crippen LogP contribution in [0.5, 0.6) is 0 Å². The van der Waals surface area contributed by atoms with E-state index in [0.717, 1.165) is 13.0 Å². The third-order valence-electron chi connectivity index (χ3n) is 4.49. The van der Waals surface area contributed by atoms with Gasteiger partial charge in [0.25, 0.3) is 5.91 Å². The Hall–Kier alpha value is -1.79. The van der Waals surface area contributed by atoms with Gasteiger partial charge in [0.2, 0.25) is 0 Å². The average molecular weight is 392 g/mol. The number of carbonyl (C=O) groups excluding carboxylic acids is 1. The second-order valence-electron chi connectivity index (χ2n) is 6.35. The first-order valence-electron chi connectivity index (χ1n) is 7.99. The number of hydrogen-bond donors (Lipinski definition) is 1. The van der Waals surface area contributed by atoms with Crippen molar-refractivity contribution in [2.45, 2.75) is 12.5 Å². The fourth-order valence-corrected chi connectivity index (χ4v) is 3.41. The Kier molecular flexibility index (Phi) is 4.96. The highest BCUT2D eigenvalue weighted by atomic mass is 79.9. The van der Waals surface area contributed by atoms with Gasteiger partial charge in [0.15, 0.2) is 10.4 Å². The highest BCUT2D eigenvalue weighted by molar-refractivity contribution is 9.10. The van der Waals surface area contributed by atoms with Crippen LogP contribution in [0.25, 0.3) is 0 Å². The average Bonchev–Trinajstić information content (AvgIpc) is 3.13. The molecule has 128 valence electrons. The Bertz CT molecular complexity index is 742. The van der Waals surface area contributed by atoms with E-state index < -0.39 is 0 Å². The summed E-state index contributed by atoms with van der Waals surface area (Å²) in [7, 11) is 6.18. The van der Waals surface area contributed by atoms with Crippen molar-refractivity contribution < 1.29 is 9.21 Å². The van der Waals surface area contributed by atoms with Crippen LogP contribution in [0.3, 0.4) is 0 Å². The first kappa shape index (κ1) is 17.0. The van der Waals surface area contributed by atoms with Crippen molar-refractivity contribution in [3.05, 3.63) is 51.9 Å². The van der Waals surface area contributed by atoms with Gasteiger partial charge in [0.05, 0.1) is 6.04 Å². The molecule has 0 saturated carbocycles. The van der Waals surface area contributed by atoms with Crippen molar-refractivity contribution in [2.75, 3.05) is 39.1 Å². The number of furan rings is 1. The topological polar surface area (TPSA) is 48.7 Å². The molecular weight excluding hydrogens is 370 g/mol. The summed E-state index contributed by atoms with van der Waals surface area (Å²) in [5.41, 5.74) is 3.90. The van der Waals surface area contributed by atoms with E-state index in [2.05, 4.69) is 56.3 Å². The molecule has 6 heteroatoms. The molecule has 2 aromatic rings. The Balaban J connectivity index is 1.72. The Labute approximate surface area is 150 Å². The first-order valence-corrected chi connectivity index (χ1v) is 8.79. The van der Waals surface area contributed by atoms with Crippen LogP contribution in [-0.4, -0.2) is 45.0 Å². The van der Waals surface area contributed by atoms with Crippen LogP contribution >= 0.6 is 15.9 Å². The zero-order valence-corrected chi connectivity index (χ0v) is 15.8. The highest BCUT2D eigenvalue weighted by Gasteiger charge is 2.21. The molecule has 1 aromatic carbocycles. The molecule has 3 rings (SSSR count). The number of halogens is 1. The lowest BCUT2D eigenvalue weighted by Gasteiger charge is -2.25. The van der Waals surface area contributed by atoms with E-state index in [-0.39, 0.29) is 11.9 Å². The predicted octanol–water partition coefficient (Wildman–Crippen LogP) is 3.07. The summed E-state index contributed by atoms with van der Waals surface area (Å²) < 4.78 is 5.86. The van der Waals surface area contributed by atoms with Crippen LogP contribution in [0.2, 0.25) is 0 Å². The van der Waals surface area contributed by atoms with Gasteiger partial charge in [0.1, 0.15) is 0 Å². The summed E-state index contributed by atoms with van der Waals surface area (Å²) in [6, 6.07) is 10.1. The van der Waals surface area contributed by atoms with Gasteiger partial charge in [-0.25, -0.2) is 0 Å². The summed E-state index contributed by atoms with van der Waals surface area (Å²) in [6.07, 6.45) is 1.08. The number of nitrogens with one attached hydrogen (secondary N) is 1. The number of nitrogens with zero attached hydrogens (tertiary/aromatic N) is 2. The minimum Gasteiger partial charge on any atom is -0.444 e. The molecule has 1 aliphatic rings. The summed E-state index contributed by atoms with van der Waals surface area (Å²) in [6.45, 7) is 1.59. The zero-order valence-electron chi connectivity index (χ0n) is 14.2. The van der Waals surface area contributed by atoms with E-state index in [1.54, 1.807) is 12.1 Å². The predicted molar refractivity (Wildman–Crippen MR) is 98.6 cm³/mol. The van der Waals surface area contributed by atoms with Crippen molar-refractivity contribution in [3.63, 3.8) is 0 Å². The second kappa shape index (κ2) is 6.99. The zero-order chi connectivity index (χ0) is 17.3. The third kappa shape index (κ3) is 3.49. The van der Waals surface area contributed by atoms with Crippen LogP contribution in [0.1, 0.15) is 27.7 Å². The van der Waals surface area contributed by atoms with E-state index in [9.17, 15) is 4.79 Å². The van der Waals surface area contributed by atoms with Crippen LogP contribution in [0.15, 0.2) is 39.4 Å². The van der Waals surface area contributed by atoms with Gasteiger partial charge < -0.3 is 19.5 Å². The van der Waals surface area contributed by atoms with Gasteiger partial charge in [-0.15, -0.1) is 0 Å². The molecule has 1 N–H and O–H groups in total. The molecule has 0 fully saturated rings. The fraction of sp³-hybridized carbons (Fsp3) is 0.389. The number of amides is 1. The molecule has 1 aliphatic heterocycles. The molecular formula is C18H22BrN3O2. The van der Waals surface area contributed by atoms with Crippen LogP contribution in [0.4, 0.5) is 5.69 Å². The van der Waals surface area contributed by atoms with Crippen molar-refractivity contribution in [2.24, 2.45) is 0 Å². The first-order chi connectivity index (χ1) is 11.5. The number of likely N-dealkylation sites (N-methyl/N-ethyl adjacent to an activating group) is 2. The smallest absolute Gasteiger partial charge is 0.287 e. The maximum atomic E-state index is 12.2. The van der Waals surface area contributed by atoms with Gasteiger partial charge in [-0.05, 0) is 65.8 Å². The van der Waals surface area contributed by atoms with Gasteiger partial charge in [-0.2, -0.15) is 0 Å². The maximum absolute atomic E-state index is 12.2. The monoisotopic (exact) mass is 391 g/mol. The summed E-state index contributed by atoms with van der Waals surface area (Å²) in [5.74, 6) is 0.114. The molecule has 2 heterocycles. The molecule has 0 bridgehead atoms. The summed E-state index contributed by atoms with van der Waals surface area (Å²) in [5, 5.41) is 2.96. The number of fused-ring (bicyclic) bond motifs is 1. The Morgan fingerprint density at radius 1 is 1.38 bits per heavy atom. The molecule has 0 spiro atoms. The van der Waals surface area contributed by atoms with Crippen molar-refractivity contribution in [1.29, 1.82) is 0 Å². The number of carbonyl (C=O) groups is 1. The fourth-order valence-electron chi connectivity index (χ4n) is 3.11. The van der Waals surface area contributed by atoms with Gasteiger partial charge >= 0.3 is 0 Å². The van der Waals surface area contributed by atoms with E-state index in [0.29, 0.717) is 17.0 Å². The van der Waals surface area contributed by atoms with Crippen molar-refractivity contribution in [3.8, 4) is 0 Å². The molecule has 1 amide bonds. The largest absolute Gasteiger partial charge is 0.444 e. The quantitative estimate of drug-likeness (QED) is 0.850. The number of hydrogen-bond acceptors (Lipinski definition) is 4. The Morgan fingerprint density at radius 3 is 2.83 bits per heavy atom. The number of rotatable bonds is 5. The molecule has 0 saturated heterocycles. The van der Waals surface area contributed by atoms with E-state index in [1.165, 1.54) is 16.8 Å². The summed E-state index contributed by atoms with van der Waals surface area (Å²) >= 11 is 3.21. The minimum absolute atomic E-state index is 0.114. The van der Waals surface area contributed by atoms with Gasteiger partial charge in [-0.3, -0.25) is 4.79 Å². The standard InChI is InChI=1S/C18H22BrN3O2/c1-21(2)15(11-20-18(23)16-6-7-17(19)24-16)12-4-5-14-13(10-12)8-9-22(14)3/h4-7,10,15H,8-9,11H2,1-3H3,(H,20,23)/t15-/m1/s1. The van der Waals surface area contributed by atoms with Crippen LogP contribution < -0.4 is 10.2 Å². The molecule has 0 aliphatic carbocycles. The summed E-state index contributed by atoms with van der Waals surface area (Å²) in [4.78, 5) is 16.6. The van der Waals surface area contributed by atoms with Crippen molar-refractivity contribution in [1.82, 2.24) is 10.2 Å². The van der Waals surface area contributed by atoms with Gasteiger partial charge in [0, 0.05) is 25.8 Å². The van der Waals surface area contributed by atoms with E-state index >= 15 is 0 Å². The van der Waals surface area contributed by atoms with Crippen LogP contribution in [-0.2, 0) is 6.42 Å². The molecule has 5 nitrogen and oxygen atoms in total. The lowest BCUT2D eigenvalue weighted by atomic mass is 10.0. The Morgan fingerprint density at radius 2 is 2.17 bits per heavy atom. The lowest BCUT2D eigenvalue weighted by Crippen LogP contribution is -2.34. The molecule has 0 radical (unpaired) electrons. The lowest BCUT2D eigenvalue weighted by molar-refractivity contribution is 0.0913. The second-order valence-corrected chi connectivity index (χ2v) is 7.13. The molecule has 24 heavy (non-hydrogen) atoms.